The maximum absolute atomic E-state index is 12.7. The van der Waals surface area contributed by atoms with Crippen molar-refractivity contribution >= 4 is 13.7 Å². The molecule has 0 aromatic carbocycles. The van der Waals surface area contributed by atoms with Gasteiger partial charge in [-0.05, 0) is 12.8 Å². The molecule has 0 aromatic rings. The maximum atomic E-state index is 12.7. The van der Waals surface area contributed by atoms with Crippen LogP contribution in [0.2, 0.25) is 0 Å². The van der Waals surface area contributed by atoms with E-state index in [0.717, 1.165) is 38.5 Å². The lowest BCUT2D eigenvalue weighted by molar-refractivity contribution is -0.870. The zero-order valence-electron chi connectivity index (χ0n) is 31.8. The Labute approximate surface area is 291 Å². The van der Waals surface area contributed by atoms with Gasteiger partial charge in [0.2, 0.25) is 5.91 Å². The lowest BCUT2D eigenvalue weighted by atomic mass is 10.0. The van der Waals surface area contributed by atoms with E-state index in [1.165, 1.54) is 122 Å². The third kappa shape index (κ3) is 33.8. The summed E-state index contributed by atoms with van der Waals surface area (Å²) in [5.41, 5.74) is 0. The number of aliphatic hydroxyl groups is 1. The predicted octanol–water partition coefficient (Wildman–Crippen LogP) is 9.61. The quantitative estimate of drug-likeness (QED) is 0.0385. The number of nitrogens with one attached hydrogen (secondary N) is 1. The van der Waals surface area contributed by atoms with Gasteiger partial charge in [-0.1, -0.05) is 168 Å². The van der Waals surface area contributed by atoms with E-state index in [0.29, 0.717) is 23.9 Å². The second-order valence-electron chi connectivity index (χ2n) is 15.0. The molecule has 0 spiro atoms. The average molecular weight is 691 g/mol. The van der Waals surface area contributed by atoms with Crippen LogP contribution in [-0.4, -0.2) is 68.5 Å². The van der Waals surface area contributed by atoms with Crippen LogP contribution < -0.4 is 10.2 Å². The summed E-state index contributed by atoms with van der Waals surface area (Å²) < 4.78 is 23.0. The van der Waals surface area contributed by atoms with E-state index in [2.05, 4.69) is 19.2 Å². The number of phosphoric acid groups is 1. The van der Waals surface area contributed by atoms with E-state index in [4.69, 9.17) is 9.05 Å². The van der Waals surface area contributed by atoms with Gasteiger partial charge in [-0.15, -0.1) is 0 Å². The van der Waals surface area contributed by atoms with Gasteiger partial charge in [-0.25, -0.2) is 0 Å². The average Bonchev–Trinajstić information content (AvgIpc) is 3.01. The van der Waals surface area contributed by atoms with Crippen molar-refractivity contribution in [2.45, 2.75) is 199 Å². The molecule has 0 saturated heterocycles. The number of likely N-dealkylation sites (N-methyl/N-ethyl adjacent to an activating group) is 1. The van der Waals surface area contributed by atoms with E-state index in [1.807, 2.05) is 21.1 Å². The standard InChI is InChI=1S/C38H79N2O6P/c1-6-8-10-12-14-15-16-17-18-19-20-21-22-23-24-25-26-28-30-32-38(42)39-36(37(41)31-29-27-13-11-9-7-2)35-46-47(43,44)45-34-33-40(3,4)5/h36-37,41H,6-35H2,1-5H3,(H-,39,42,43,44). The normalized spacial score (nSPS) is 14.6. The lowest BCUT2D eigenvalue weighted by Gasteiger charge is -2.30. The van der Waals surface area contributed by atoms with Gasteiger partial charge >= 0.3 is 0 Å². The maximum Gasteiger partial charge on any atom is 0.268 e. The second kappa shape index (κ2) is 31.5. The molecule has 0 bridgehead atoms. The summed E-state index contributed by atoms with van der Waals surface area (Å²) in [6, 6.07) is -0.789. The molecule has 0 rings (SSSR count). The molecular weight excluding hydrogens is 611 g/mol. The van der Waals surface area contributed by atoms with Crippen molar-refractivity contribution in [2.24, 2.45) is 0 Å². The van der Waals surface area contributed by atoms with E-state index in [-0.39, 0.29) is 19.1 Å². The zero-order valence-corrected chi connectivity index (χ0v) is 32.6. The van der Waals surface area contributed by atoms with Crippen molar-refractivity contribution in [3.8, 4) is 0 Å². The number of quaternary nitrogens is 1. The predicted molar refractivity (Wildman–Crippen MR) is 196 cm³/mol. The number of phosphoric ester groups is 1. The summed E-state index contributed by atoms with van der Waals surface area (Å²) in [4.78, 5) is 25.1. The van der Waals surface area contributed by atoms with Crippen LogP contribution in [0.4, 0.5) is 0 Å². The molecule has 8 nitrogen and oxygen atoms in total. The van der Waals surface area contributed by atoms with Gasteiger partial charge in [-0.2, -0.15) is 0 Å². The highest BCUT2D eigenvalue weighted by Gasteiger charge is 2.24. The molecule has 2 N–H and O–H groups in total. The van der Waals surface area contributed by atoms with Crippen molar-refractivity contribution in [1.82, 2.24) is 5.32 Å². The number of nitrogens with zero attached hydrogens (tertiary/aromatic N) is 1. The highest BCUT2D eigenvalue weighted by Crippen LogP contribution is 2.38. The molecule has 282 valence electrons. The molecule has 9 heteroatoms. The van der Waals surface area contributed by atoms with E-state index < -0.39 is 20.0 Å². The van der Waals surface area contributed by atoms with Gasteiger partial charge in [0.1, 0.15) is 13.2 Å². The minimum absolute atomic E-state index is 0.0149. The fraction of sp³-hybridized carbons (Fsp3) is 0.974. The molecule has 0 aliphatic carbocycles. The molecule has 0 aliphatic rings. The molecule has 0 radical (unpaired) electrons. The third-order valence-corrected chi connectivity index (χ3v) is 10.1. The van der Waals surface area contributed by atoms with Gasteiger partial charge < -0.3 is 28.8 Å². The summed E-state index contributed by atoms with van der Waals surface area (Å²) >= 11 is 0. The lowest BCUT2D eigenvalue weighted by Crippen LogP contribution is -2.46. The number of aliphatic hydroxyl groups excluding tert-OH is 1. The molecule has 0 aromatic heterocycles. The van der Waals surface area contributed by atoms with Crippen LogP contribution in [0, 0.1) is 0 Å². The van der Waals surface area contributed by atoms with Crippen LogP contribution in [-0.2, 0) is 18.4 Å². The molecule has 0 fully saturated rings. The highest BCUT2D eigenvalue weighted by molar-refractivity contribution is 7.45. The Morgan fingerprint density at radius 1 is 0.660 bits per heavy atom. The van der Waals surface area contributed by atoms with Gasteiger partial charge in [0.25, 0.3) is 7.82 Å². The summed E-state index contributed by atoms with van der Waals surface area (Å²) in [6.45, 7) is 4.66. The van der Waals surface area contributed by atoms with Gasteiger partial charge in [0.05, 0.1) is 39.9 Å². The fourth-order valence-electron chi connectivity index (χ4n) is 5.86. The van der Waals surface area contributed by atoms with Crippen molar-refractivity contribution in [2.75, 3.05) is 40.9 Å². The van der Waals surface area contributed by atoms with Crippen molar-refractivity contribution in [3.63, 3.8) is 0 Å². The molecule has 3 unspecified atom stereocenters. The second-order valence-corrected chi connectivity index (χ2v) is 16.4. The number of carbonyl (C=O) groups is 1. The van der Waals surface area contributed by atoms with Crippen LogP contribution in [0.1, 0.15) is 187 Å². The monoisotopic (exact) mass is 691 g/mol. The minimum Gasteiger partial charge on any atom is -0.756 e. The van der Waals surface area contributed by atoms with Crippen molar-refractivity contribution in [3.05, 3.63) is 0 Å². The largest absolute Gasteiger partial charge is 0.756 e. The fourth-order valence-corrected chi connectivity index (χ4v) is 6.59. The molecule has 3 atom stereocenters. The van der Waals surface area contributed by atoms with Crippen LogP contribution in [0.25, 0.3) is 0 Å². The number of unbranched alkanes of at least 4 members (excludes halogenated alkanes) is 23. The Kier molecular flexibility index (Phi) is 31.1. The smallest absolute Gasteiger partial charge is 0.268 e. The topological polar surface area (TPSA) is 108 Å². The van der Waals surface area contributed by atoms with Crippen LogP contribution in [0.3, 0.4) is 0 Å². The first kappa shape index (κ1) is 46.5. The minimum atomic E-state index is -4.54. The number of amides is 1. The van der Waals surface area contributed by atoms with Gasteiger partial charge in [0.15, 0.2) is 0 Å². The van der Waals surface area contributed by atoms with E-state index >= 15 is 0 Å². The first-order valence-electron chi connectivity index (χ1n) is 19.9. The number of carbonyl (C=O) groups excluding carboxylic acids is 1. The summed E-state index contributed by atoms with van der Waals surface area (Å²) in [7, 11) is 1.31. The van der Waals surface area contributed by atoms with Crippen molar-refractivity contribution < 1.29 is 32.9 Å². The molecule has 0 heterocycles. The number of hydrogen-bond acceptors (Lipinski definition) is 6. The van der Waals surface area contributed by atoms with E-state index in [1.54, 1.807) is 0 Å². The van der Waals surface area contributed by atoms with Crippen LogP contribution >= 0.6 is 7.82 Å². The summed E-state index contributed by atoms with van der Waals surface area (Å²) in [6.07, 6.45) is 31.3. The Balaban J connectivity index is 4.15. The Morgan fingerprint density at radius 2 is 1.04 bits per heavy atom. The SMILES string of the molecule is CCCCCCCCCCCCCCCCCCCCCC(=O)NC(COP(=O)([O-])OCC[N+](C)(C)C)C(O)CCCCCCCC. The van der Waals surface area contributed by atoms with Crippen molar-refractivity contribution in [1.29, 1.82) is 0 Å². The van der Waals surface area contributed by atoms with Gasteiger partial charge in [0, 0.05) is 6.42 Å². The first-order chi connectivity index (χ1) is 22.5. The summed E-state index contributed by atoms with van der Waals surface area (Å²) in [5.74, 6) is -0.167. The summed E-state index contributed by atoms with van der Waals surface area (Å²) in [5, 5.41) is 13.7. The zero-order chi connectivity index (χ0) is 35.1. The molecule has 0 aliphatic heterocycles. The third-order valence-electron chi connectivity index (χ3n) is 9.10. The van der Waals surface area contributed by atoms with E-state index in [9.17, 15) is 19.4 Å². The number of rotatable bonds is 36. The molecule has 1 amide bonds. The Morgan fingerprint density at radius 3 is 1.45 bits per heavy atom. The van der Waals surface area contributed by atoms with Gasteiger partial charge in [-0.3, -0.25) is 9.36 Å². The number of hydrogen-bond donors (Lipinski definition) is 2. The Bertz CT molecular complexity index is 748. The van der Waals surface area contributed by atoms with Crippen LogP contribution in [0.5, 0.6) is 0 Å². The molecular formula is C38H79N2O6P. The highest BCUT2D eigenvalue weighted by atomic mass is 31.2. The van der Waals surface area contributed by atoms with Crippen LogP contribution in [0.15, 0.2) is 0 Å². The molecule has 0 saturated carbocycles. The Hall–Kier alpha value is -0.500. The first-order valence-corrected chi connectivity index (χ1v) is 21.3. The molecule has 47 heavy (non-hydrogen) atoms.